The van der Waals surface area contributed by atoms with Crippen molar-refractivity contribution in [2.24, 2.45) is 0 Å². The summed E-state index contributed by atoms with van der Waals surface area (Å²) in [4.78, 5) is 11.0. The van der Waals surface area contributed by atoms with Crippen LogP contribution in [0.4, 0.5) is 0 Å². The molecule has 0 aromatic heterocycles. The number of halogens is 1. The smallest absolute Gasteiger partial charge is 0.337 e. The predicted octanol–water partition coefficient (Wildman–Crippen LogP) is 1.14. The Morgan fingerprint density at radius 3 is 2.67 bits per heavy atom. The minimum absolute atomic E-state index is 0.0208. The zero-order valence-corrected chi connectivity index (χ0v) is 10.3. The minimum Gasteiger partial charge on any atom is -0.478 e. The predicted molar refractivity (Wildman–Crippen MR) is 65.5 cm³/mol. The van der Waals surface area contributed by atoms with E-state index >= 15 is 0 Å². The third-order valence-electron chi connectivity index (χ3n) is 3.15. The summed E-state index contributed by atoms with van der Waals surface area (Å²) in [5.41, 5.74) is 0.607. The van der Waals surface area contributed by atoms with Crippen LogP contribution < -0.4 is 5.32 Å². The fraction of sp³-hybridized carbons (Fsp3) is 0.417. The van der Waals surface area contributed by atoms with Crippen LogP contribution in [0.5, 0.6) is 0 Å². The molecular weight excluding hydrogens is 258 g/mol. The van der Waals surface area contributed by atoms with E-state index in [-0.39, 0.29) is 16.5 Å². The van der Waals surface area contributed by atoms with Gasteiger partial charge in [-0.2, -0.15) is 0 Å². The molecule has 1 aliphatic rings. The number of hydrogen-bond donors (Lipinski definition) is 4. The molecule has 5 nitrogen and oxygen atoms in total. The van der Waals surface area contributed by atoms with E-state index in [1.54, 1.807) is 12.1 Å². The molecular formula is C12H14ClNO4. The zero-order valence-electron chi connectivity index (χ0n) is 9.51. The third kappa shape index (κ3) is 2.49. The van der Waals surface area contributed by atoms with Crippen LogP contribution in [0, 0.1) is 0 Å². The number of aromatic carboxylic acids is 1. The van der Waals surface area contributed by atoms with Crippen molar-refractivity contribution in [1.82, 2.24) is 5.32 Å². The second-order valence-corrected chi connectivity index (χ2v) is 4.70. The number of hydrogen-bond acceptors (Lipinski definition) is 4. The van der Waals surface area contributed by atoms with Gasteiger partial charge in [0.15, 0.2) is 0 Å². The van der Waals surface area contributed by atoms with Crippen LogP contribution in [-0.4, -0.2) is 33.7 Å². The van der Waals surface area contributed by atoms with Crippen LogP contribution >= 0.6 is 11.6 Å². The molecule has 3 atom stereocenters. The number of aliphatic hydroxyl groups excluding tert-OH is 2. The van der Waals surface area contributed by atoms with Crippen molar-refractivity contribution in [1.29, 1.82) is 0 Å². The largest absolute Gasteiger partial charge is 0.478 e. The molecule has 18 heavy (non-hydrogen) atoms. The molecule has 1 heterocycles. The summed E-state index contributed by atoms with van der Waals surface area (Å²) in [5, 5.41) is 31.0. The first-order valence-corrected chi connectivity index (χ1v) is 6.02. The second kappa shape index (κ2) is 5.24. The summed E-state index contributed by atoms with van der Waals surface area (Å²) < 4.78 is 0. The van der Waals surface area contributed by atoms with Gasteiger partial charge in [-0.3, -0.25) is 5.32 Å². The average Bonchev–Trinajstić information content (AvgIpc) is 2.30. The molecule has 0 radical (unpaired) electrons. The number of piperidine rings is 1. The van der Waals surface area contributed by atoms with Crippen LogP contribution in [0.15, 0.2) is 18.2 Å². The molecule has 6 heteroatoms. The molecule has 1 aromatic rings. The van der Waals surface area contributed by atoms with Crippen molar-refractivity contribution >= 4 is 17.6 Å². The quantitative estimate of drug-likeness (QED) is 0.648. The molecule has 0 aliphatic carbocycles. The first-order valence-electron chi connectivity index (χ1n) is 5.64. The van der Waals surface area contributed by atoms with Crippen LogP contribution in [0.3, 0.4) is 0 Å². The van der Waals surface area contributed by atoms with Gasteiger partial charge < -0.3 is 15.3 Å². The maximum absolute atomic E-state index is 11.0. The van der Waals surface area contributed by atoms with Gasteiger partial charge in [0.05, 0.1) is 10.6 Å². The lowest BCUT2D eigenvalue weighted by molar-refractivity contribution is -0.0101. The highest BCUT2D eigenvalue weighted by molar-refractivity contribution is 6.34. The second-order valence-electron chi connectivity index (χ2n) is 4.33. The van der Waals surface area contributed by atoms with Crippen LogP contribution in [0.2, 0.25) is 5.02 Å². The van der Waals surface area contributed by atoms with E-state index in [9.17, 15) is 15.0 Å². The Morgan fingerprint density at radius 1 is 1.33 bits per heavy atom. The lowest BCUT2D eigenvalue weighted by atomic mass is 9.88. The van der Waals surface area contributed by atoms with Gasteiger partial charge in [0.1, 0.15) is 12.5 Å². The van der Waals surface area contributed by atoms with E-state index in [4.69, 9.17) is 16.7 Å². The van der Waals surface area contributed by atoms with E-state index in [0.29, 0.717) is 18.4 Å². The van der Waals surface area contributed by atoms with E-state index in [1.165, 1.54) is 6.07 Å². The normalized spacial score (nSPS) is 28.1. The standard InChI is InChI=1S/C12H14ClNO4/c13-10-6(2-1-3-8(10)12(17)18)7-4-5-9(15)14-11(7)16/h1-3,7,9,11,14-16H,4-5H2,(H,17,18). The lowest BCUT2D eigenvalue weighted by Gasteiger charge is -2.32. The van der Waals surface area contributed by atoms with Crippen molar-refractivity contribution in [3.63, 3.8) is 0 Å². The van der Waals surface area contributed by atoms with Gasteiger partial charge in [-0.15, -0.1) is 0 Å². The van der Waals surface area contributed by atoms with Gasteiger partial charge in [-0.1, -0.05) is 23.7 Å². The molecule has 0 saturated carbocycles. The van der Waals surface area contributed by atoms with Gasteiger partial charge in [0.2, 0.25) is 0 Å². The maximum atomic E-state index is 11.0. The highest BCUT2D eigenvalue weighted by Crippen LogP contribution is 2.34. The van der Waals surface area contributed by atoms with E-state index in [1.807, 2.05) is 0 Å². The van der Waals surface area contributed by atoms with Gasteiger partial charge in [0, 0.05) is 5.92 Å². The number of nitrogens with one attached hydrogen (secondary N) is 1. The number of benzene rings is 1. The monoisotopic (exact) mass is 271 g/mol. The van der Waals surface area contributed by atoms with Crippen molar-refractivity contribution in [2.45, 2.75) is 31.2 Å². The van der Waals surface area contributed by atoms with Crippen molar-refractivity contribution in [3.8, 4) is 0 Å². The molecule has 2 rings (SSSR count). The van der Waals surface area contributed by atoms with Gasteiger partial charge in [-0.25, -0.2) is 4.79 Å². The molecule has 1 aromatic carbocycles. The van der Waals surface area contributed by atoms with Crippen molar-refractivity contribution < 1.29 is 20.1 Å². The number of carbonyl (C=O) groups is 1. The van der Waals surface area contributed by atoms with Crippen LogP contribution in [-0.2, 0) is 0 Å². The maximum Gasteiger partial charge on any atom is 0.337 e. The Labute approximate surface area is 109 Å². The Balaban J connectivity index is 2.33. The number of carboxylic acids is 1. The van der Waals surface area contributed by atoms with Crippen LogP contribution in [0.1, 0.15) is 34.7 Å². The first-order chi connectivity index (χ1) is 8.50. The van der Waals surface area contributed by atoms with Gasteiger partial charge in [-0.05, 0) is 24.5 Å². The molecule has 1 aliphatic heterocycles. The lowest BCUT2D eigenvalue weighted by Crippen LogP contribution is -2.46. The minimum atomic E-state index is -1.10. The van der Waals surface area contributed by atoms with Crippen LogP contribution in [0.25, 0.3) is 0 Å². The van der Waals surface area contributed by atoms with E-state index < -0.39 is 18.4 Å². The van der Waals surface area contributed by atoms with Crippen molar-refractivity contribution in [3.05, 3.63) is 34.3 Å². The summed E-state index contributed by atoms with van der Waals surface area (Å²) in [6.07, 6.45) is -0.652. The summed E-state index contributed by atoms with van der Waals surface area (Å²) in [7, 11) is 0. The number of carboxylic acid groups (broad SMARTS) is 1. The number of aliphatic hydroxyl groups is 2. The Hall–Kier alpha value is -1.14. The third-order valence-corrected chi connectivity index (χ3v) is 3.58. The number of rotatable bonds is 2. The molecule has 0 bridgehead atoms. The molecule has 4 N–H and O–H groups in total. The summed E-state index contributed by atoms with van der Waals surface area (Å²) in [6, 6.07) is 4.72. The Bertz CT molecular complexity index is 465. The van der Waals surface area contributed by atoms with E-state index in [2.05, 4.69) is 5.32 Å². The highest BCUT2D eigenvalue weighted by Gasteiger charge is 2.30. The van der Waals surface area contributed by atoms with Crippen molar-refractivity contribution in [2.75, 3.05) is 0 Å². The molecule has 3 unspecified atom stereocenters. The topological polar surface area (TPSA) is 89.8 Å². The molecule has 1 saturated heterocycles. The average molecular weight is 272 g/mol. The molecule has 0 spiro atoms. The summed E-state index contributed by atoms with van der Waals surface area (Å²) in [5.74, 6) is -1.42. The Morgan fingerprint density at radius 2 is 2.06 bits per heavy atom. The molecule has 0 amide bonds. The SMILES string of the molecule is O=C(O)c1cccc(C2CCC(O)NC2O)c1Cl. The summed E-state index contributed by atoms with van der Waals surface area (Å²) >= 11 is 6.06. The molecule has 98 valence electrons. The highest BCUT2D eigenvalue weighted by atomic mass is 35.5. The Kier molecular flexibility index (Phi) is 3.87. The van der Waals surface area contributed by atoms with Gasteiger partial charge in [0.25, 0.3) is 0 Å². The first kappa shape index (κ1) is 13.3. The fourth-order valence-electron chi connectivity index (χ4n) is 2.22. The fourth-order valence-corrected chi connectivity index (χ4v) is 2.57. The summed E-state index contributed by atoms with van der Waals surface area (Å²) in [6.45, 7) is 0. The molecule has 1 fully saturated rings. The van der Waals surface area contributed by atoms with E-state index in [0.717, 1.165) is 0 Å². The van der Waals surface area contributed by atoms with Gasteiger partial charge >= 0.3 is 5.97 Å². The zero-order chi connectivity index (χ0) is 13.3.